The fourth-order valence-electron chi connectivity index (χ4n) is 2.13. The molecule has 0 fully saturated rings. The van der Waals surface area contributed by atoms with Crippen LogP contribution >= 0.6 is 23.2 Å². The number of nitro benzene ring substituents is 1. The summed E-state index contributed by atoms with van der Waals surface area (Å²) in [6.45, 7) is 0.315. The molecule has 0 radical (unpaired) electrons. The molecule has 0 aliphatic heterocycles. The van der Waals surface area contributed by atoms with E-state index in [4.69, 9.17) is 23.2 Å². The van der Waals surface area contributed by atoms with Crippen molar-refractivity contribution in [2.45, 2.75) is 6.54 Å². The smallest absolute Gasteiger partial charge is 0.271 e. The van der Waals surface area contributed by atoms with E-state index in [9.17, 15) is 14.9 Å². The molecule has 24 heavy (non-hydrogen) atoms. The minimum absolute atomic E-state index is 0.100. The number of hydrogen-bond acceptors (Lipinski definition) is 4. The first-order valence-electron chi connectivity index (χ1n) is 6.97. The maximum atomic E-state index is 12.2. The zero-order valence-electron chi connectivity index (χ0n) is 13.0. The summed E-state index contributed by atoms with van der Waals surface area (Å²) in [6, 6.07) is 9.15. The Kier molecular flexibility index (Phi) is 5.64. The second-order valence-corrected chi connectivity index (χ2v) is 6.19. The molecule has 0 bridgehead atoms. The van der Waals surface area contributed by atoms with Crippen molar-refractivity contribution < 1.29 is 9.72 Å². The second kappa shape index (κ2) is 7.51. The van der Waals surface area contributed by atoms with Gasteiger partial charge in [-0.3, -0.25) is 14.9 Å². The van der Waals surface area contributed by atoms with Gasteiger partial charge in [0, 0.05) is 42.8 Å². The van der Waals surface area contributed by atoms with Crippen molar-refractivity contribution in [1.29, 1.82) is 0 Å². The molecule has 1 N–H and O–H groups in total. The lowest BCUT2D eigenvalue weighted by Gasteiger charge is -2.15. The predicted octanol–water partition coefficient (Wildman–Crippen LogP) is 4.22. The number of rotatable bonds is 5. The molecule has 0 aliphatic rings. The molecule has 0 aliphatic carbocycles. The third-order valence-electron chi connectivity index (χ3n) is 3.26. The van der Waals surface area contributed by atoms with Crippen molar-refractivity contribution in [3.63, 3.8) is 0 Å². The lowest BCUT2D eigenvalue weighted by molar-refractivity contribution is -0.384. The Hall–Kier alpha value is -2.31. The van der Waals surface area contributed by atoms with E-state index in [1.807, 2.05) is 0 Å². The van der Waals surface area contributed by atoms with Crippen LogP contribution in [0.3, 0.4) is 0 Å². The number of nitrogens with one attached hydrogen (secondary N) is 1. The molecule has 0 heterocycles. The van der Waals surface area contributed by atoms with Gasteiger partial charge in [-0.2, -0.15) is 0 Å². The summed E-state index contributed by atoms with van der Waals surface area (Å²) in [6.07, 6.45) is 0. The SMILES string of the molecule is CN(C)C(=O)c1ccc([N+](=O)[O-])cc1NCc1cc(Cl)cc(Cl)c1. The third-order valence-corrected chi connectivity index (χ3v) is 3.69. The van der Waals surface area contributed by atoms with E-state index in [0.29, 0.717) is 27.8 Å². The van der Waals surface area contributed by atoms with Gasteiger partial charge < -0.3 is 10.2 Å². The summed E-state index contributed by atoms with van der Waals surface area (Å²) in [5.41, 5.74) is 1.41. The molecule has 2 rings (SSSR count). The van der Waals surface area contributed by atoms with Gasteiger partial charge in [-0.25, -0.2) is 0 Å². The maximum absolute atomic E-state index is 12.2. The fraction of sp³-hybridized carbons (Fsp3) is 0.188. The number of benzene rings is 2. The van der Waals surface area contributed by atoms with Gasteiger partial charge in [-0.05, 0) is 29.8 Å². The molecule has 126 valence electrons. The Morgan fingerprint density at radius 1 is 1.17 bits per heavy atom. The van der Waals surface area contributed by atoms with E-state index in [1.165, 1.54) is 23.1 Å². The van der Waals surface area contributed by atoms with Crippen LogP contribution in [0.2, 0.25) is 10.0 Å². The van der Waals surface area contributed by atoms with Crippen LogP contribution < -0.4 is 5.32 Å². The van der Waals surface area contributed by atoms with Crippen LogP contribution in [-0.2, 0) is 6.54 Å². The van der Waals surface area contributed by atoms with Gasteiger partial charge in [-0.1, -0.05) is 23.2 Å². The molecule has 8 heteroatoms. The first-order chi connectivity index (χ1) is 11.3. The van der Waals surface area contributed by atoms with Crippen LogP contribution in [0.4, 0.5) is 11.4 Å². The Bertz CT molecular complexity index is 774. The summed E-state index contributed by atoms with van der Waals surface area (Å²) in [5, 5.41) is 15.0. The molecule has 1 amide bonds. The number of non-ortho nitro benzene ring substituents is 1. The summed E-state index contributed by atoms with van der Waals surface area (Å²) < 4.78 is 0. The largest absolute Gasteiger partial charge is 0.380 e. The first-order valence-corrected chi connectivity index (χ1v) is 7.72. The molecule has 2 aromatic carbocycles. The van der Waals surface area contributed by atoms with E-state index in [2.05, 4.69) is 5.32 Å². The molecule has 0 saturated carbocycles. The van der Waals surface area contributed by atoms with Crippen LogP contribution in [0.15, 0.2) is 36.4 Å². The average Bonchev–Trinajstić information content (AvgIpc) is 2.50. The summed E-state index contributed by atoms with van der Waals surface area (Å²) in [4.78, 5) is 24.1. The van der Waals surface area contributed by atoms with Crippen molar-refractivity contribution in [3.8, 4) is 0 Å². The Morgan fingerprint density at radius 3 is 2.33 bits per heavy atom. The minimum atomic E-state index is -0.509. The van der Waals surface area contributed by atoms with Gasteiger partial charge in [0.05, 0.1) is 16.2 Å². The van der Waals surface area contributed by atoms with Crippen molar-refractivity contribution in [1.82, 2.24) is 4.90 Å². The number of amides is 1. The number of carbonyl (C=O) groups is 1. The number of nitrogens with zero attached hydrogens (tertiary/aromatic N) is 2. The summed E-state index contributed by atoms with van der Waals surface area (Å²) in [7, 11) is 3.23. The third kappa shape index (κ3) is 4.37. The first kappa shape index (κ1) is 18.0. The molecule has 2 aromatic rings. The number of carbonyl (C=O) groups excluding carboxylic acids is 1. The monoisotopic (exact) mass is 367 g/mol. The van der Waals surface area contributed by atoms with Crippen LogP contribution in [0.5, 0.6) is 0 Å². The Balaban J connectivity index is 2.33. The van der Waals surface area contributed by atoms with E-state index in [0.717, 1.165) is 5.56 Å². The molecular formula is C16H15Cl2N3O3. The quantitative estimate of drug-likeness (QED) is 0.634. The Morgan fingerprint density at radius 2 is 1.79 bits per heavy atom. The number of halogens is 2. The average molecular weight is 368 g/mol. The number of nitro groups is 1. The number of anilines is 1. The molecular weight excluding hydrogens is 353 g/mol. The maximum Gasteiger partial charge on any atom is 0.271 e. The zero-order valence-corrected chi connectivity index (χ0v) is 14.6. The second-order valence-electron chi connectivity index (χ2n) is 5.32. The molecule has 0 aromatic heterocycles. The van der Waals surface area contributed by atoms with E-state index < -0.39 is 4.92 Å². The van der Waals surface area contributed by atoms with Crippen molar-refractivity contribution in [2.24, 2.45) is 0 Å². The minimum Gasteiger partial charge on any atom is -0.380 e. The van der Waals surface area contributed by atoms with Gasteiger partial charge in [-0.15, -0.1) is 0 Å². The Labute approximate surface area is 149 Å². The van der Waals surface area contributed by atoms with Gasteiger partial charge in [0.1, 0.15) is 0 Å². The highest BCUT2D eigenvalue weighted by Gasteiger charge is 2.17. The lowest BCUT2D eigenvalue weighted by atomic mass is 10.1. The van der Waals surface area contributed by atoms with Crippen molar-refractivity contribution in [2.75, 3.05) is 19.4 Å². The van der Waals surface area contributed by atoms with E-state index in [-0.39, 0.29) is 11.6 Å². The van der Waals surface area contributed by atoms with Gasteiger partial charge in [0.15, 0.2) is 0 Å². The predicted molar refractivity (Wildman–Crippen MR) is 94.9 cm³/mol. The van der Waals surface area contributed by atoms with Crippen molar-refractivity contribution in [3.05, 3.63) is 67.7 Å². The van der Waals surface area contributed by atoms with Gasteiger partial charge in [0.2, 0.25) is 0 Å². The van der Waals surface area contributed by atoms with E-state index >= 15 is 0 Å². The van der Waals surface area contributed by atoms with Crippen molar-refractivity contribution >= 4 is 40.5 Å². The van der Waals surface area contributed by atoms with Crippen LogP contribution in [-0.4, -0.2) is 29.8 Å². The highest BCUT2D eigenvalue weighted by atomic mass is 35.5. The molecule has 0 spiro atoms. The zero-order chi connectivity index (χ0) is 17.9. The van der Waals surface area contributed by atoms with Gasteiger partial charge >= 0.3 is 0 Å². The standard InChI is InChI=1S/C16H15Cl2N3O3/c1-20(2)16(22)14-4-3-13(21(23)24)8-15(14)19-9-10-5-11(17)7-12(18)6-10/h3-8,19H,9H2,1-2H3. The normalized spacial score (nSPS) is 10.3. The van der Waals surface area contributed by atoms with Gasteiger partial charge in [0.25, 0.3) is 11.6 Å². The fourth-order valence-corrected chi connectivity index (χ4v) is 2.70. The lowest BCUT2D eigenvalue weighted by Crippen LogP contribution is -2.23. The molecule has 0 atom stereocenters. The topological polar surface area (TPSA) is 75.5 Å². The summed E-state index contributed by atoms with van der Waals surface area (Å²) in [5.74, 6) is -0.253. The number of hydrogen-bond donors (Lipinski definition) is 1. The van der Waals surface area contributed by atoms with Crippen LogP contribution in [0.1, 0.15) is 15.9 Å². The van der Waals surface area contributed by atoms with Crippen LogP contribution in [0.25, 0.3) is 0 Å². The highest BCUT2D eigenvalue weighted by Crippen LogP contribution is 2.25. The van der Waals surface area contributed by atoms with Crippen LogP contribution in [0, 0.1) is 10.1 Å². The molecule has 0 unspecified atom stereocenters. The molecule has 0 saturated heterocycles. The highest BCUT2D eigenvalue weighted by molar-refractivity contribution is 6.34. The van der Waals surface area contributed by atoms with E-state index in [1.54, 1.807) is 32.3 Å². The molecule has 6 nitrogen and oxygen atoms in total. The summed E-state index contributed by atoms with van der Waals surface area (Å²) >= 11 is 11.9.